The van der Waals surface area contributed by atoms with Gasteiger partial charge < -0.3 is 14.2 Å². The summed E-state index contributed by atoms with van der Waals surface area (Å²) >= 11 is 0. The first-order valence-corrected chi connectivity index (χ1v) is 13.7. The second-order valence-electron chi connectivity index (χ2n) is 10.1. The first-order valence-electron chi connectivity index (χ1n) is 13.7. The van der Waals surface area contributed by atoms with E-state index in [9.17, 15) is 4.79 Å². The number of aryl methyl sites for hydroxylation is 1. The van der Waals surface area contributed by atoms with Crippen molar-refractivity contribution in [2.45, 2.75) is 38.5 Å². The highest BCUT2D eigenvalue weighted by atomic mass is 16.5. The molecular weight excluding hydrogens is 474 g/mol. The Balaban J connectivity index is 1.38. The molecule has 5 rings (SSSR count). The van der Waals surface area contributed by atoms with E-state index >= 15 is 0 Å². The smallest absolute Gasteiger partial charge is 0.193 e. The fourth-order valence-corrected chi connectivity index (χ4v) is 5.53. The van der Waals surface area contributed by atoms with Gasteiger partial charge in [0.1, 0.15) is 23.9 Å². The highest BCUT2D eigenvalue weighted by molar-refractivity contribution is 6.35. The zero-order valence-corrected chi connectivity index (χ0v) is 22.5. The van der Waals surface area contributed by atoms with Crippen molar-refractivity contribution in [3.63, 3.8) is 0 Å². The van der Waals surface area contributed by atoms with Gasteiger partial charge in [-0.15, -0.1) is 0 Å². The third-order valence-corrected chi connectivity index (χ3v) is 7.68. The van der Waals surface area contributed by atoms with E-state index in [1.54, 1.807) is 14.2 Å². The molecule has 5 heteroatoms. The molecule has 0 bridgehead atoms. The molecule has 1 saturated heterocycles. The van der Waals surface area contributed by atoms with Crippen molar-refractivity contribution in [2.75, 3.05) is 40.5 Å². The average Bonchev–Trinajstić information content (AvgIpc) is 3.25. The van der Waals surface area contributed by atoms with E-state index in [1.165, 1.54) is 25.7 Å². The molecule has 1 heterocycles. The topological polar surface area (TPSA) is 48.0 Å². The van der Waals surface area contributed by atoms with Crippen LogP contribution in [0.15, 0.2) is 66.7 Å². The Labute approximate surface area is 226 Å². The number of hydrogen-bond acceptors (Lipinski definition) is 5. The number of benzene rings is 3. The van der Waals surface area contributed by atoms with Crippen molar-refractivity contribution in [3.05, 3.63) is 89.0 Å². The number of carbonyl (C=O) groups excluding carboxylic acids is 1. The zero-order valence-electron chi connectivity index (χ0n) is 22.5. The quantitative estimate of drug-likeness (QED) is 0.299. The molecule has 0 saturated carbocycles. The number of Topliss-reactive ketones (excluding diaryl/α,β-unsaturated/α-hetero) is 1. The molecule has 0 N–H and O–H groups in total. The largest absolute Gasteiger partial charge is 0.497 e. The lowest BCUT2D eigenvalue weighted by Crippen LogP contribution is -2.29. The SMILES string of the molecule is COc1ccc(C2=C(C(=O)c3ccc(OCCN4CCCCCC4)cc3)c3ccc(OC)cc3CC2)cc1. The summed E-state index contributed by atoms with van der Waals surface area (Å²) in [4.78, 5) is 16.5. The minimum absolute atomic E-state index is 0.0260. The third-order valence-electron chi connectivity index (χ3n) is 7.68. The predicted molar refractivity (Wildman–Crippen MR) is 152 cm³/mol. The molecule has 0 atom stereocenters. The maximum atomic E-state index is 14.0. The summed E-state index contributed by atoms with van der Waals surface area (Å²) in [7, 11) is 3.34. The fraction of sp³-hybridized carbons (Fsp3) is 0.364. The third kappa shape index (κ3) is 5.94. The molecule has 3 aromatic carbocycles. The molecule has 0 aromatic heterocycles. The average molecular weight is 512 g/mol. The molecule has 3 aromatic rings. The fourth-order valence-electron chi connectivity index (χ4n) is 5.53. The Morgan fingerprint density at radius 3 is 2.11 bits per heavy atom. The van der Waals surface area contributed by atoms with E-state index in [2.05, 4.69) is 11.0 Å². The van der Waals surface area contributed by atoms with Crippen LogP contribution in [0.1, 0.15) is 59.2 Å². The molecule has 1 aliphatic heterocycles. The summed E-state index contributed by atoms with van der Waals surface area (Å²) in [5, 5.41) is 0. The van der Waals surface area contributed by atoms with E-state index in [-0.39, 0.29) is 5.78 Å². The highest BCUT2D eigenvalue weighted by Gasteiger charge is 2.26. The molecule has 0 spiro atoms. The minimum atomic E-state index is 0.0260. The molecule has 1 fully saturated rings. The van der Waals surface area contributed by atoms with Crippen LogP contribution in [0.2, 0.25) is 0 Å². The van der Waals surface area contributed by atoms with E-state index in [4.69, 9.17) is 14.2 Å². The van der Waals surface area contributed by atoms with E-state index in [1.807, 2.05) is 60.7 Å². The number of likely N-dealkylation sites (tertiary alicyclic amines) is 1. The number of carbonyl (C=O) groups is 1. The summed E-state index contributed by atoms with van der Waals surface area (Å²) in [6.45, 7) is 3.93. The maximum absolute atomic E-state index is 14.0. The normalized spacial score (nSPS) is 15.9. The number of ether oxygens (including phenoxy) is 3. The van der Waals surface area contributed by atoms with E-state index in [0.717, 1.165) is 77.6 Å². The molecule has 1 aliphatic carbocycles. The molecule has 0 unspecified atom stereocenters. The second kappa shape index (κ2) is 12.3. The number of hydrogen-bond donors (Lipinski definition) is 0. The number of ketones is 1. The van der Waals surface area contributed by atoms with Crippen molar-refractivity contribution in [1.29, 1.82) is 0 Å². The van der Waals surface area contributed by atoms with Gasteiger partial charge in [-0.3, -0.25) is 9.69 Å². The Hall–Kier alpha value is -3.57. The van der Waals surface area contributed by atoms with Gasteiger partial charge >= 0.3 is 0 Å². The number of fused-ring (bicyclic) bond motifs is 1. The van der Waals surface area contributed by atoms with Crippen LogP contribution >= 0.6 is 0 Å². The van der Waals surface area contributed by atoms with Gasteiger partial charge in [-0.2, -0.15) is 0 Å². The van der Waals surface area contributed by atoms with Crippen molar-refractivity contribution in [1.82, 2.24) is 4.90 Å². The molecule has 2 aliphatic rings. The summed E-state index contributed by atoms with van der Waals surface area (Å²) in [5.41, 5.74) is 5.64. The Bertz CT molecular complexity index is 1270. The van der Waals surface area contributed by atoms with Crippen LogP contribution in [0.25, 0.3) is 11.1 Å². The van der Waals surface area contributed by atoms with Crippen molar-refractivity contribution in [3.8, 4) is 17.2 Å². The molecule has 38 heavy (non-hydrogen) atoms. The minimum Gasteiger partial charge on any atom is -0.497 e. The summed E-state index contributed by atoms with van der Waals surface area (Å²) in [6.07, 6.45) is 6.87. The number of allylic oxidation sites excluding steroid dienone is 2. The number of rotatable bonds is 9. The molecule has 0 radical (unpaired) electrons. The van der Waals surface area contributed by atoms with Crippen LogP contribution in [-0.4, -0.2) is 51.1 Å². The van der Waals surface area contributed by atoms with Crippen LogP contribution in [0.3, 0.4) is 0 Å². The van der Waals surface area contributed by atoms with Crippen LogP contribution in [-0.2, 0) is 6.42 Å². The summed E-state index contributed by atoms with van der Waals surface area (Å²) in [5.74, 6) is 2.44. The number of nitrogens with zero attached hydrogens (tertiary/aromatic N) is 1. The van der Waals surface area contributed by atoms with Gasteiger partial charge in [0.15, 0.2) is 5.78 Å². The molecular formula is C33H37NO4. The summed E-state index contributed by atoms with van der Waals surface area (Å²) in [6, 6.07) is 21.6. The highest BCUT2D eigenvalue weighted by Crippen LogP contribution is 2.40. The molecule has 5 nitrogen and oxygen atoms in total. The standard InChI is InChI=1S/C33H37NO4/c1-36-27-12-7-24(8-13-27)30-17-11-26-23-29(37-2)16-18-31(26)32(30)33(35)25-9-14-28(15-10-25)38-22-21-34-19-5-3-4-6-20-34/h7-10,12-16,18,23H,3-6,11,17,19-22H2,1-2H3. The van der Waals surface area contributed by atoms with Crippen molar-refractivity contribution in [2.24, 2.45) is 0 Å². The Morgan fingerprint density at radius 1 is 0.763 bits per heavy atom. The lowest BCUT2D eigenvalue weighted by atomic mass is 9.79. The van der Waals surface area contributed by atoms with Gasteiger partial charge in [-0.1, -0.05) is 31.0 Å². The van der Waals surface area contributed by atoms with Gasteiger partial charge in [0.2, 0.25) is 0 Å². The first-order chi connectivity index (χ1) is 18.7. The Morgan fingerprint density at radius 2 is 1.42 bits per heavy atom. The molecule has 198 valence electrons. The van der Waals surface area contributed by atoms with Gasteiger partial charge in [-0.05, 0) is 110 Å². The van der Waals surface area contributed by atoms with Gasteiger partial charge in [0.25, 0.3) is 0 Å². The second-order valence-corrected chi connectivity index (χ2v) is 10.1. The predicted octanol–water partition coefficient (Wildman–Crippen LogP) is 6.70. The first kappa shape index (κ1) is 26.1. The van der Waals surface area contributed by atoms with Crippen molar-refractivity contribution < 1.29 is 19.0 Å². The molecule has 0 amide bonds. The zero-order chi connectivity index (χ0) is 26.3. The monoisotopic (exact) mass is 511 g/mol. The van der Waals surface area contributed by atoms with Crippen LogP contribution < -0.4 is 14.2 Å². The maximum Gasteiger partial charge on any atom is 0.193 e. The van der Waals surface area contributed by atoms with Gasteiger partial charge in [0, 0.05) is 17.7 Å². The van der Waals surface area contributed by atoms with Crippen molar-refractivity contribution >= 4 is 16.9 Å². The lowest BCUT2D eigenvalue weighted by molar-refractivity contribution is 0.105. The van der Waals surface area contributed by atoms with E-state index in [0.29, 0.717) is 12.2 Å². The van der Waals surface area contributed by atoms with Crippen LogP contribution in [0.5, 0.6) is 17.2 Å². The van der Waals surface area contributed by atoms with Gasteiger partial charge in [-0.25, -0.2) is 0 Å². The van der Waals surface area contributed by atoms with Gasteiger partial charge in [0.05, 0.1) is 14.2 Å². The van der Waals surface area contributed by atoms with E-state index < -0.39 is 0 Å². The number of methoxy groups -OCH3 is 2. The summed E-state index contributed by atoms with van der Waals surface area (Å²) < 4.78 is 16.8. The van der Waals surface area contributed by atoms with Crippen LogP contribution in [0.4, 0.5) is 0 Å². The lowest BCUT2D eigenvalue weighted by Gasteiger charge is -2.24. The van der Waals surface area contributed by atoms with Crippen LogP contribution in [0, 0.1) is 0 Å². The Kier molecular flexibility index (Phi) is 8.44.